The van der Waals surface area contributed by atoms with Crippen LogP contribution in [0.15, 0.2) is 170 Å². The highest BCUT2D eigenvalue weighted by Crippen LogP contribution is 2.38. The highest BCUT2D eigenvalue weighted by Gasteiger charge is 2.15. The number of benzene rings is 8. The Morgan fingerprint density at radius 1 is 0.288 bits per heavy atom. The van der Waals surface area contributed by atoms with Crippen molar-refractivity contribution in [1.29, 1.82) is 0 Å². The van der Waals surface area contributed by atoms with Crippen LogP contribution in [0.25, 0.3) is 33.7 Å². The Kier molecular flexibility index (Phi) is 8.89. The van der Waals surface area contributed by atoms with Crippen LogP contribution in [0.2, 0.25) is 0 Å². The third kappa shape index (κ3) is 6.97. The molecule has 0 aliphatic carbocycles. The molecule has 252 valence electrons. The van der Waals surface area contributed by atoms with Crippen molar-refractivity contribution in [3.63, 3.8) is 0 Å². The quantitative estimate of drug-likeness (QED) is 0.148. The van der Waals surface area contributed by atoms with Gasteiger partial charge in [-0.2, -0.15) is 0 Å². The molecule has 0 aromatic heterocycles. The Bertz CT molecular complexity index is 2320. The van der Waals surface area contributed by atoms with E-state index >= 15 is 0 Å². The van der Waals surface area contributed by atoms with E-state index in [1.54, 1.807) is 0 Å². The Hall–Kier alpha value is -6.38. The molecule has 52 heavy (non-hydrogen) atoms. The molecule has 8 rings (SSSR count). The monoisotopic (exact) mass is 670 g/mol. The predicted molar refractivity (Wildman–Crippen MR) is 225 cm³/mol. The molecule has 0 bridgehead atoms. The van der Waals surface area contributed by atoms with Gasteiger partial charge in [-0.25, -0.2) is 0 Å². The van der Waals surface area contributed by atoms with E-state index in [-0.39, 0.29) is 0 Å². The van der Waals surface area contributed by atoms with Crippen molar-refractivity contribution in [2.24, 2.45) is 0 Å². The zero-order valence-electron chi connectivity index (χ0n) is 30.2. The molecule has 0 aliphatic heterocycles. The van der Waals surface area contributed by atoms with Gasteiger partial charge in [0.15, 0.2) is 0 Å². The van der Waals surface area contributed by atoms with Crippen molar-refractivity contribution in [1.82, 2.24) is 0 Å². The van der Waals surface area contributed by atoms with Gasteiger partial charge >= 0.3 is 0 Å². The summed E-state index contributed by atoms with van der Waals surface area (Å²) < 4.78 is 0. The molecule has 0 unspecified atom stereocenters. The lowest BCUT2D eigenvalue weighted by Gasteiger charge is -2.26. The van der Waals surface area contributed by atoms with E-state index in [1.807, 2.05) is 0 Å². The summed E-state index contributed by atoms with van der Waals surface area (Å²) in [6, 6.07) is 61.8. The molecule has 2 nitrogen and oxygen atoms in total. The molecule has 2 heteroatoms. The molecule has 0 spiro atoms. The molecule has 0 atom stereocenters. The second-order valence-corrected chi connectivity index (χ2v) is 13.9. The number of rotatable bonds is 8. The van der Waals surface area contributed by atoms with E-state index < -0.39 is 0 Å². The first-order chi connectivity index (χ1) is 25.4. The highest BCUT2D eigenvalue weighted by atomic mass is 15.1. The second-order valence-electron chi connectivity index (χ2n) is 13.9. The van der Waals surface area contributed by atoms with Crippen molar-refractivity contribution in [3.8, 4) is 0 Å². The van der Waals surface area contributed by atoms with Crippen LogP contribution < -0.4 is 9.80 Å². The van der Waals surface area contributed by atoms with Gasteiger partial charge in [0.1, 0.15) is 0 Å². The third-order valence-corrected chi connectivity index (χ3v) is 9.72. The molecule has 0 N–H and O–H groups in total. The van der Waals surface area contributed by atoms with Crippen molar-refractivity contribution in [2.75, 3.05) is 9.80 Å². The smallest absolute Gasteiger partial charge is 0.0468 e. The standard InChI is InChI=1S/C50H42N2/c1-35-9-5-13-45(27-35)51(46-14-6-10-36(2)28-46)49-25-23-41-31-39(19-21-43(41)33-49)17-18-40-20-22-44-34-50(26-24-42(44)32-40)52(47-15-7-11-37(3)29-47)48-16-8-12-38(4)30-48/h5-34H,1-4H3. The molecule has 0 radical (unpaired) electrons. The van der Waals surface area contributed by atoms with Crippen molar-refractivity contribution in [2.45, 2.75) is 27.7 Å². The van der Waals surface area contributed by atoms with Crippen LogP contribution in [-0.2, 0) is 0 Å². The van der Waals surface area contributed by atoms with Gasteiger partial charge in [-0.1, -0.05) is 97.1 Å². The minimum absolute atomic E-state index is 1.15. The van der Waals surface area contributed by atoms with Crippen LogP contribution in [0, 0.1) is 27.7 Å². The predicted octanol–water partition coefficient (Wildman–Crippen LogP) is 14.3. The number of hydrogen-bond acceptors (Lipinski definition) is 2. The van der Waals surface area contributed by atoms with Gasteiger partial charge in [0.2, 0.25) is 0 Å². The largest absolute Gasteiger partial charge is 0.310 e. The Balaban J connectivity index is 1.07. The van der Waals surface area contributed by atoms with E-state index in [9.17, 15) is 0 Å². The lowest BCUT2D eigenvalue weighted by Crippen LogP contribution is -2.10. The fourth-order valence-corrected chi connectivity index (χ4v) is 7.14. The molecular formula is C50H42N2. The Labute approximate surface area is 307 Å². The number of hydrogen-bond donors (Lipinski definition) is 0. The zero-order valence-corrected chi connectivity index (χ0v) is 30.2. The van der Waals surface area contributed by atoms with Gasteiger partial charge in [0.25, 0.3) is 0 Å². The number of fused-ring (bicyclic) bond motifs is 2. The summed E-state index contributed by atoms with van der Waals surface area (Å²) in [5.41, 5.74) is 14.2. The van der Waals surface area contributed by atoms with Crippen molar-refractivity contribution < 1.29 is 0 Å². The Morgan fingerprint density at radius 2 is 0.577 bits per heavy atom. The summed E-state index contributed by atoms with van der Waals surface area (Å²) in [5, 5.41) is 4.87. The minimum atomic E-state index is 1.15. The summed E-state index contributed by atoms with van der Waals surface area (Å²) >= 11 is 0. The first-order valence-corrected chi connectivity index (χ1v) is 18.0. The van der Waals surface area contributed by atoms with Gasteiger partial charge in [0.05, 0.1) is 0 Å². The normalized spacial score (nSPS) is 11.4. The van der Waals surface area contributed by atoms with Gasteiger partial charge < -0.3 is 9.80 Å². The van der Waals surface area contributed by atoms with E-state index in [1.165, 1.54) is 54.9 Å². The van der Waals surface area contributed by atoms with Gasteiger partial charge in [0, 0.05) is 34.1 Å². The molecule has 0 heterocycles. The molecule has 0 amide bonds. The first kappa shape index (κ1) is 32.8. The Morgan fingerprint density at radius 3 is 0.904 bits per heavy atom. The van der Waals surface area contributed by atoms with Crippen molar-refractivity contribution in [3.05, 3.63) is 203 Å². The van der Waals surface area contributed by atoms with Crippen LogP contribution in [0.3, 0.4) is 0 Å². The average molecular weight is 671 g/mol. The molecule has 8 aromatic rings. The first-order valence-electron chi connectivity index (χ1n) is 18.0. The van der Waals surface area contributed by atoms with Crippen LogP contribution >= 0.6 is 0 Å². The maximum atomic E-state index is 2.35. The topological polar surface area (TPSA) is 6.48 Å². The highest BCUT2D eigenvalue weighted by molar-refractivity contribution is 5.93. The lowest BCUT2D eigenvalue weighted by molar-refractivity contribution is 1.26. The minimum Gasteiger partial charge on any atom is -0.310 e. The van der Waals surface area contributed by atoms with Gasteiger partial charge in [-0.15, -0.1) is 0 Å². The molecule has 8 aromatic carbocycles. The van der Waals surface area contributed by atoms with Gasteiger partial charge in [-0.05, 0) is 168 Å². The summed E-state index contributed by atoms with van der Waals surface area (Å²) in [4.78, 5) is 4.69. The van der Waals surface area contributed by atoms with Crippen molar-refractivity contribution >= 4 is 67.8 Å². The summed E-state index contributed by atoms with van der Waals surface area (Å²) in [5.74, 6) is 0. The van der Waals surface area contributed by atoms with E-state index in [0.29, 0.717) is 0 Å². The second kappa shape index (κ2) is 14.1. The average Bonchev–Trinajstić information content (AvgIpc) is 3.14. The summed E-state index contributed by atoms with van der Waals surface area (Å²) in [7, 11) is 0. The van der Waals surface area contributed by atoms with E-state index in [0.717, 1.165) is 34.1 Å². The lowest BCUT2D eigenvalue weighted by atomic mass is 10.0. The fraction of sp³-hybridized carbons (Fsp3) is 0.0800. The number of aryl methyl sites for hydroxylation is 4. The van der Waals surface area contributed by atoms with Crippen LogP contribution in [0.5, 0.6) is 0 Å². The molecule has 0 aliphatic rings. The summed E-state index contributed by atoms with van der Waals surface area (Å²) in [6.45, 7) is 8.59. The number of nitrogens with zero attached hydrogens (tertiary/aromatic N) is 2. The SMILES string of the molecule is Cc1cccc(N(c2cccc(C)c2)c2ccc3cc(C=Cc4ccc5cc(N(c6cccc(C)c6)c6cccc(C)c6)ccc5c4)ccc3c2)c1. The molecular weight excluding hydrogens is 629 g/mol. The maximum Gasteiger partial charge on any atom is 0.0468 e. The molecule has 0 fully saturated rings. The summed E-state index contributed by atoms with van der Waals surface area (Å²) in [6.07, 6.45) is 4.43. The van der Waals surface area contributed by atoms with Crippen LogP contribution in [-0.4, -0.2) is 0 Å². The van der Waals surface area contributed by atoms with Gasteiger partial charge in [-0.3, -0.25) is 0 Å². The van der Waals surface area contributed by atoms with E-state index in [2.05, 4.69) is 220 Å². The molecule has 0 saturated heterocycles. The van der Waals surface area contributed by atoms with Crippen LogP contribution in [0.4, 0.5) is 34.1 Å². The number of anilines is 6. The molecule has 0 saturated carbocycles. The third-order valence-electron chi connectivity index (χ3n) is 9.72. The van der Waals surface area contributed by atoms with Crippen LogP contribution in [0.1, 0.15) is 33.4 Å². The maximum absolute atomic E-state index is 2.35. The van der Waals surface area contributed by atoms with E-state index in [4.69, 9.17) is 0 Å². The zero-order chi connectivity index (χ0) is 35.6. The fourth-order valence-electron chi connectivity index (χ4n) is 7.14.